The van der Waals surface area contributed by atoms with E-state index in [0.717, 1.165) is 11.6 Å². The minimum atomic E-state index is -0.664. The minimum Gasteiger partial charge on any atom is -1.00 e. The molecule has 0 fully saturated rings. The van der Waals surface area contributed by atoms with Crippen molar-refractivity contribution in [3.8, 4) is 0 Å². The third-order valence-corrected chi connectivity index (χ3v) is 2.72. The molecule has 7 nitrogen and oxygen atoms in total. The number of nitrogens with one attached hydrogen (secondary N) is 1. The van der Waals surface area contributed by atoms with Gasteiger partial charge in [0.2, 0.25) is 0 Å². The summed E-state index contributed by atoms with van der Waals surface area (Å²) in [6, 6.07) is 10.8. The van der Waals surface area contributed by atoms with Gasteiger partial charge in [-0.05, 0) is 25.1 Å². The molecule has 0 aliphatic carbocycles. The van der Waals surface area contributed by atoms with Crippen molar-refractivity contribution in [3.05, 3.63) is 68.3 Å². The van der Waals surface area contributed by atoms with Crippen LogP contribution in [0.1, 0.15) is 5.56 Å². The molecule has 1 N–H and O–H groups in total. The van der Waals surface area contributed by atoms with E-state index in [9.17, 15) is 20.2 Å². The van der Waals surface area contributed by atoms with E-state index in [4.69, 9.17) is 0 Å². The number of hydrogen-bond donors (Lipinski definition) is 1. The molecule has 2 aromatic rings. The first-order chi connectivity index (χ1) is 9.47. The van der Waals surface area contributed by atoms with E-state index in [1.165, 1.54) is 12.1 Å². The lowest BCUT2D eigenvalue weighted by molar-refractivity contribution is -0.393. The molecule has 0 radical (unpaired) electrons. The summed E-state index contributed by atoms with van der Waals surface area (Å²) in [4.78, 5) is 20.3. The molecule has 0 aliphatic rings. The Bertz CT molecular complexity index is 674. The second-order valence-corrected chi connectivity index (χ2v) is 4.21. The maximum Gasteiger partial charge on any atom is 0.299 e. The highest BCUT2D eigenvalue weighted by Crippen LogP contribution is 2.31. The van der Waals surface area contributed by atoms with Gasteiger partial charge >= 0.3 is 0 Å². The number of anilines is 2. The molecule has 0 heterocycles. The van der Waals surface area contributed by atoms with Crippen LogP contribution in [-0.4, -0.2) is 9.85 Å². The molecule has 2 rings (SSSR count). The average molecular weight is 309 g/mol. The molecule has 0 aromatic heterocycles. The van der Waals surface area contributed by atoms with Crippen molar-refractivity contribution < 1.29 is 22.3 Å². The summed E-state index contributed by atoms with van der Waals surface area (Å²) in [6.45, 7) is 1.93. The van der Waals surface area contributed by atoms with Crippen molar-refractivity contribution in [1.29, 1.82) is 0 Å². The summed E-state index contributed by atoms with van der Waals surface area (Å²) < 4.78 is 0. The van der Waals surface area contributed by atoms with Crippen LogP contribution in [0.2, 0.25) is 0 Å². The van der Waals surface area contributed by atoms with Gasteiger partial charge in [0.25, 0.3) is 11.4 Å². The summed E-state index contributed by atoms with van der Waals surface area (Å²) in [6.07, 6.45) is 0. The second-order valence-electron chi connectivity index (χ2n) is 4.21. The van der Waals surface area contributed by atoms with Crippen molar-refractivity contribution in [3.63, 3.8) is 0 Å². The number of aryl methyl sites for hydroxylation is 1. The van der Waals surface area contributed by atoms with Gasteiger partial charge < -0.3 is 17.7 Å². The standard InChI is InChI=1S/C13H11N3O4.ClH/c1-9-2-4-10(5-3-9)14-12-7-6-11(15(17)18)8-13(12)16(19)20;/h2-8,14H,1H3;1H/p-1. The van der Waals surface area contributed by atoms with Gasteiger partial charge in [0.1, 0.15) is 5.69 Å². The monoisotopic (exact) mass is 308 g/mol. The molecule has 0 unspecified atom stereocenters. The zero-order valence-electron chi connectivity index (χ0n) is 10.9. The zero-order valence-corrected chi connectivity index (χ0v) is 11.7. The number of hydrogen-bond acceptors (Lipinski definition) is 5. The first-order valence-corrected chi connectivity index (χ1v) is 5.74. The Kier molecular flexibility index (Phi) is 5.20. The molecule has 0 bridgehead atoms. The SMILES string of the molecule is Cc1ccc(Nc2ccc([N+](=O)[O-])cc2[N+](=O)[O-])cc1.[Cl-]. The first-order valence-electron chi connectivity index (χ1n) is 5.74. The molecule has 0 spiro atoms. The van der Waals surface area contributed by atoms with Gasteiger partial charge in [0, 0.05) is 11.8 Å². The van der Waals surface area contributed by atoms with E-state index in [1.54, 1.807) is 12.1 Å². The van der Waals surface area contributed by atoms with E-state index in [0.29, 0.717) is 5.69 Å². The maximum atomic E-state index is 11.0. The lowest BCUT2D eigenvalue weighted by Gasteiger charge is -2.07. The molecule has 0 aliphatic heterocycles. The fraction of sp³-hybridized carbons (Fsp3) is 0.0769. The molecule has 21 heavy (non-hydrogen) atoms. The molecule has 110 valence electrons. The lowest BCUT2D eigenvalue weighted by atomic mass is 10.2. The van der Waals surface area contributed by atoms with Crippen LogP contribution < -0.4 is 17.7 Å². The Morgan fingerprint density at radius 3 is 2.10 bits per heavy atom. The van der Waals surface area contributed by atoms with Gasteiger partial charge in [0.05, 0.1) is 15.9 Å². The fourth-order valence-corrected chi connectivity index (χ4v) is 1.68. The van der Waals surface area contributed by atoms with Crippen LogP contribution in [0.4, 0.5) is 22.7 Å². The van der Waals surface area contributed by atoms with Crippen LogP contribution in [0.3, 0.4) is 0 Å². The molecule has 0 saturated heterocycles. The molecule has 0 saturated carbocycles. The van der Waals surface area contributed by atoms with E-state index < -0.39 is 9.85 Å². The van der Waals surface area contributed by atoms with Crippen LogP contribution in [0, 0.1) is 27.2 Å². The van der Waals surface area contributed by atoms with Gasteiger partial charge in [-0.15, -0.1) is 0 Å². The Morgan fingerprint density at radius 1 is 0.952 bits per heavy atom. The fourth-order valence-electron chi connectivity index (χ4n) is 1.68. The van der Waals surface area contributed by atoms with Crippen molar-refractivity contribution in [2.45, 2.75) is 6.92 Å². The zero-order chi connectivity index (χ0) is 14.7. The predicted molar refractivity (Wildman–Crippen MR) is 74.2 cm³/mol. The Balaban J connectivity index is 0.00000220. The summed E-state index contributed by atoms with van der Waals surface area (Å²) in [5.74, 6) is 0. The third kappa shape index (κ3) is 3.90. The number of halogens is 1. The summed E-state index contributed by atoms with van der Waals surface area (Å²) in [5, 5.41) is 24.5. The van der Waals surface area contributed by atoms with E-state index >= 15 is 0 Å². The molecule has 2 aromatic carbocycles. The van der Waals surface area contributed by atoms with Gasteiger partial charge in [-0.1, -0.05) is 17.7 Å². The van der Waals surface area contributed by atoms with E-state index in [-0.39, 0.29) is 29.5 Å². The van der Waals surface area contributed by atoms with Crippen LogP contribution >= 0.6 is 0 Å². The van der Waals surface area contributed by atoms with Crippen molar-refractivity contribution >= 4 is 22.7 Å². The van der Waals surface area contributed by atoms with Crippen molar-refractivity contribution in [2.24, 2.45) is 0 Å². The second kappa shape index (κ2) is 6.67. The number of benzene rings is 2. The summed E-state index contributed by atoms with van der Waals surface area (Å²) in [7, 11) is 0. The molecule has 8 heteroatoms. The summed E-state index contributed by atoms with van der Waals surface area (Å²) in [5.41, 5.74) is 1.30. The van der Waals surface area contributed by atoms with E-state index in [2.05, 4.69) is 5.32 Å². The van der Waals surface area contributed by atoms with Crippen LogP contribution in [0.25, 0.3) is 0 Å². The highest BCUT2D eigenvalue weighted by atomic mass is 35.5. The van der Waals surface area contributed by atoms with Gasteiger partial charge in [-0.25, -0.2) is 0 Å². The third-order valence-electron chi connectivity index (χ3n) is 2.72. The highest BCUT2D eigenvalue weighted by molar-refractivity contribution is 5.71. The number of rotatable bonds is 4. The van der Waals surface area contributed by atoms with Crippen molar-refractivity contribution in [2.75, 3.05) is 5.32 Å². The van der Waals surface area contributed by atoms with Crippen molar-refractivity contribution in [1.82, 2.24) is 0 Å². The molecular formula is C13H11ClN3O4-. The quantitative estimate of drug-likeness (QED) is 0.657. The smallest absolute Gasteiger partial charge is 0.299 e. The van der Waals surface area contributed by atoms with Gasteiger partial charge in [0.15, 0.2) is 0 Å². The first kappa shape index (κ1) is 16.4. The molecular weight excluding hydrogens is 298 g/mol. The Hall–Kier alpha value is -2.67. The van der Waals surface area contributed by atoms with Crippen LogP contribution in [0.15, 0.2) is 42.5 Å². The number of nitro benzene ring substituents is 2. The molecule has 0 amide bonds. The average Bonchev–Trinajstić information content (AvgIpc) is 2.41. The highest BCUT2D eigenvalue weighted by Gasteiger charge is 2.19. The maximum absolute atomic E-state index is 11.0. The van der Waals surface area contributed by atoms with Gasteiger partial charge in [-0.2, -0.15) is 0 Å². The largest absolute Gasteiger partial charge is 1.00 e. The number of nitrogens with zero attached hydrogens (tertiary/aromatic N) is 2. The van der Waals surface area contributed by atoms with Crippen LogP contribution in [0.5, 0.6) is 0 Å². The molecule has 0 atom stereocenters. The Labute approximate surface area is 126 Å². The number of nitro groups is 2. The van der Waals surface area contributed by atoms with Gasteiger partial charge in [-0.3, -0.25) is 20.2 Å². The van der Waals surface area contributed by atoms with Crippen LogP contribution in [-0.2, 0) is 0 Å². The number of non-ortho nitro benzene ring substituents is 1. The summed E-state index contributed by atoms with van der Waals surface area (Å²) >= 11 is 0. The lowest BCUT2D eigenvalue weighted by Crippen LogP contribution is -3.00. The normalized spacial score (nSPS) is 9.57. The van der Waals surface area contributed by atoms with E-state index in [1.807, 2.05) is 19.1 Å². The Morgan fingerprint density at radius 2 is 1.57 bits per heavy atom. The topological polar surface area (TPSA) is 98.3 Å². The minimum absolute atomic E-state index is 0. The predicted octanol–water partition coefficient (Wildman–Crippen LogP) is 0.559.